The molecule has 0 spiro atoms. The average molecular weight is 229 g/mol. The van der Waals surface area contributed by atoms with Gasteiger partial charge in [0.2, 0.25) is 5.95 Å². The number of aromatic nitrogens is 4. The van der Waals surface area contributed by atoms with Crippen molar-refractivity contribution < 1.29 is 0 Å². The van der Waals surface area contributed by atoms with Crippen LogP contribution in [0.2, 0.25) is 0 Å². The largest absolute Gasteiger partial charge is 0.350 e. The first-order valence-electron chi connectivity index (χ1n) is 5.95. The quantitative estimate of drug-likeness (QED) is 0.869. The first-order valence-corrected chi connectivity index (χ1v) is 5.95. The van der Waals surface area contributed by atoms with Gasteiger partial charge in [-0.05, 0) is 48.2 Å². The molecule has 1 aromatic heterocycles. The summed E-state index contributed by atoms with van der Waals surface area (Å²) in [5.41, 5.74) is 0.975. The number of para-hydroxylation sites is 1. The van der Waals surface area contributed by atoms with Crippen molar-refractivity contribution in [2.45, 2.75) is 25.8 Å². The molecule has 3 rings (SSSR count). The highest BCUT2D eigenvalue weighted by molar-refractivity contribution is 5.39. The lowest BCUT2D eigenvalue weighted by atomic mass is 10.2. The summed E-state index contributed by atoms with van der Waals surface area (Å²) < 4.78 is 1.74. The van der Waals surface area contributed by atoms with Crippen LogP contribution in [0.15, 0.2) is 30.3 Å². The molecule has 1 saturated carbocycles. The lowest BCUT2D eigenvalue weighted by Gasteiger charge is -2.13. The maximum Gasteiger partial charge on any atom is 0.247 e. The van der Waals surface area contributed by atoms with Crippen LogP contribution in [0.3, 0.4) is 0 Å². The van der Waals surface area contributed by atoms with E-state index in [2.05, 4.69) is 27.8 Å². The van der Waals surface area contributed by atoms with Crippen molar-refractivity contribution in [1.82, 2.24) is 20.2 Å². The fourth-order valence-corrected chi connectivity index (χ4v) is 1.94. The zero-order chi connectivity index (χ0) is 11.7. The van der Waals surface area contributed by atoms with Crippen molar-refractivity contribution in [3.8, 4) is 5.69 Å². The van der Waals surface area contributed by atoms with Crippen molar-refractivity contribution in [2.75, 3.05) is 5.32 Å². The smallest absolute Gasteiger partial charge is 0.247 e. The molecule has 5 heteroatoms. The molecule has 17 heavy (non-hydrogen) atoms. The van der Waals surface area contributed by atoms with E-state index >= 15 is 0 Å². The maximum atomic E-state index is 4.03. The fraction of sp³-hybridized carbons (Fsp3) is 0.417. The van der Waals surface area contributed by atoms with Gasteiger partial charge in [0, 0.05) is 6.04 Å². The van der Waals surface area contributed by atoms with Crippen LogP contribution in [0, 0.1) is 5.92 Å². The summed E-state index contributed by atoms with van der Waals surface area (Å²) in [6.07, 6.45) is 2.61. The molecular formula is C12H15N5. The number of nitrogens with one attached hydrogen (secondary N) is 1. The second kappa shape index (κ2) is 4.16. The number of benzene rings is 1. The molecular weight excluding hydrogens is 214 g/mol. The van der Waals surface area contributed by atoms with Crippen LogP contribution in [0.25, 0.3) is 5.69 Å². The summed E-state index contributed by atoms with van der Waals surface area (Å²) in [4.78, 5) is 0. The zero-order valence-corrected chi connectivity index (χ0v) is 9.74. The third-order valence-electron chi connectivity index (χ3n) is 3.16. The number of rotatable bonds is 4. The van der Waals surface area contributed by atoms with Gasteiger partial charge in [-0.2, -0.15) is 4.68 Å². The first-order chi connectivity index (χ1) is 8.34. The van der Waals surface area contributed by atoms with Gasteiger partial charge in [0.25, 0.3) is 0 Å². The highest BCUT2D eigenvalue weighted by Crippen LogP contribution is 2.33. The number of hydrogen-bond acceptors (Lipinski definition) is 4. The lowest BCUT2D eigenvalue weighted by Crippen LogP contribution is -2.20. The molecule has 1 heterocycles. The Morgan fingerprint density at radius 2 is 2.06 bits per heavy atom. The predicted octanol–water partition coefficient (Wildman–Crippen LogP) is 1.87. The van der Waals surface area contributed by atoms with E-state index in [1.54, 1.807) is 4.68 Å². The van der Waals surface area contributed by atoms with Gasteiger partial charge < -0.3 is 5.32 Å². The highest BCUT2D eigenvalue weighted by Gasteiger charge is 2.28. The Labute approximate surface area is 99.8 Å². The van der Waals surface area contributed by atoms with Crippen LogP contribution in [-0.2, 0) is 0 Å². The number of tetrazole rings is 1. The third-order valence-corrected chi connectivity index (χ3v) is 3.16. The van der Waals surface area contributed by atoms with E-state index < -0.39 is 0 Å². The molecule has 1 atom stereocenters. The van der Waals surface area contributed by atoms with Crippen LogP contribution < -0.4 is 5.32 Å². The van der Waals surface area contributed by atoms with Crippen molar-refractivity contribution in [3.05, 3.63) is 30.3 Å². The minimum absolute atomic E-state index is 0.434. The molecule has 1 aliphatic carbocycles. The van der Waals surface area contributed by atoms with Gasteiger partial charge in [-0.25, -0.2) is 0 Å². The summed E-state index contributed by atoms with van der Waals surface area (Å²) in [5.74, 6) is 1.49. The van der Waals surface area contributed by atoms with Crippen molar-refractivity contribution in [1.29, 1.82) is 0 Å². The summed E-state index contributed by atoms with van der Waals surface area (Å²) in [6.45, 7) is 2.18. The molecule has 1 unspecified atom stereocenters. The molecule has 1 aromatic carbocycles. The van der Waals surface area contributed by atoms with E-state index in [0.29, 0.717) is 6.04 Å². The molecule has 0 saturated heterocycles. The second-order valence-electron chi connectivity index (χ2n) is 4.52. The summed E-state index contributed by atoms with van der Waals surface area (Å²) >= 11 is 0. The van der Waals surface area contributed by atoms with Gasteiger partial charge in [0.15, 0.2) is 0 Å². The summed E-state index contributed by atoms with van der Waals surface area (Å²) in [7, 11) is 0. The second-order valence-corrected chi connectivity index (χ2v) is 4.52. The fourth-order valence-electron chi connectivity index (χ4n) is 1.94. The Morgan fingerprint density at radius 1 is 1.29 bits per heavy atom. The number of hydrogen-bond donors (Lipinski definition) is 1. The molecule has 0 amide bonds. The van der Waals surface area contributed by atoms with Gasteiger partial charge in [0.05, 0.1) is 5.69 Å². The van der Waals surface area contributed by atoms with Gasteiger partial charge >= 0.3 is 0 Å². The van der Waals surface area contributed by atoms with Crippen LogP contribution in [0.5, 0.6) is 0 Å². The van der Waals surface area contributed by atoms with Crippen LogP contribution in [0.1, 0.15) is 19.8 Å². The Kier molecular flexibility index (Phi) is 2.51. The van der Waals surface area contributed by atoms with Gasteiger partial charge in [0.1, 0.15) is 0 Å². The lowest BCUT2D eigenvalue weighted by molar-refractivity contribution is 0.679. The Bertz CT molecular complexity index is 489. The number of anilines is 1. The molecule has 0 bridgehead atoms. The van der Waals surface area contributed by atoms with E-state index in [0.717, 1.165) is 17.6 Å². The van der Waals surface area contributed by atoms with Crippen molar-refractivity contribution in [3.63, 3.8) is 0 Å². The Hall–Kier alpha value is -1.91. The topological polar surface area (TPSA) is 55.6 Å². The van der Waals surface area contributed by atoms with Crippen molar-refractivity contribution in [2.24, 2.45) is 5.92 Å². The van der Waals surface area contributed by atoms with E-state index in [-0.39, 0.29) is 0 Å². The van der Waals surface area contributed by atoms with Crippen LogP contribution in [-0.4, -0.2) is 26.2 Å². The molecule has 1 N–H and O–H groups in total. The summed E-state index contributed by atoms with van der Waals surface area (Å²) in [6, 6.07) is 10.3. The van der Waals surface area contributed by atoms with Crippen LogP contribution >= 0.6 is 0 Å². The van der Waals surface area contributed by atoms with Gasteiger partial charge in [-0.15, -0.1) is 0 Å². The zero-order valence-electron chi connectivity index (χ0n) is 9.74. The minimum atomic E-state index is 0.434. The van der Waals surface area contributed by atoms with Crippen LogP contribution in [0.4, 0.5) is 5.95 Å². The van der Waals surface area contributed by atoms with E-state index in [1.165, 1.54) is 12.8 Å². The Balaban J connectivity index is 1.83. The monoisotopic (exact) mass is 229 g/mol. The molecule has 1 fully saturated rings. The van der Waals surface area contributed by atoms with E-state index in [9.17, 15) is 0 Å². The van der Waals surface area contributed by atoms with Gasteiger partial charge in [-0.1, -0.05) is 23.3 Å². The first kappa shape index (κ1) is 10.3. The third kappa shape index (κ3) is 2.13. The summed E-state index contributed by atoms with van der Waals surface area (Å²) in [5, 5.41) is 15.2. The Morgan fingerprint density at radius 3 is 2.76 bits per heavy atom. The minimum Gasteiger partial charge on any atom is -0.350 e. The van der Waals surface area contributed by atoms with E-state index in [4.69, 9.17) is 0 Å². The molecule has 0 aliphatic heterocycles. The predicted molar refractivity (Wildman–Crippen MR) is 65.0 cm³/mol. The standard InChI is InChI=1S/C12H15N5/c1-9(10-7-8-10)13-12-14-15-16-17(12)11-5-3-2-4-6-11/h2-6,9-10H,7-8H2,1H3,(H,13,14,16). The normalized spacial score (nSPS) is 16.8. The van der Waals surface area contributed by atoms with E-state index in [1.807, 2.05) is 30.3 Å². The SMILES string of the molecule is CC(Nc1nnnn1-c1ccccc1)C1CC1. The highest BCUT2D eigenvalue weighted by atomic mass is 15.6. The number of nitrogens with zero attached hydrogens (tertiary/aromatic N) is 4. The average Bonchev–Trinajstić information content (AvgIpc) is 3.12. The molecule has 1 aliphatic rings. The van der Waals surface area contributed by atoms with Crippen molar-refractivity contribution >= 4 is 5.95 Å². The molecule has 0 radical (unpaired) electrons. The van der Waals surface area contributed by atoms with Gasteiger partial charge in [-0.3, -0.25) is 0 Å². The maximum absolute atomic E-state index is 4.03. The molecule has 5 nitrogen and oxygen atoms in total. The molecule has 2 aromatic rings. The molecule has 88 valence electrons.